The van der Waals surface area contributed by atoms with Gasteiger partial charge in [-0.2, -0.15) is 0 Å². The molecule has 0 saturated carbocycles. The van der Waals surface area contributed by atoms with E-state index in [0.29, 0.717) is 0 Å². The predicted octanol–water partition coefficient (Wildman–Crippen LogP) is 0.381. The first-order valence-electron chi connectivity index (χ1n) is 6.00. The number of hydrogen-bond donors (Lipinski definition) is 0. The van der Waals surface area contributed by atoms with E-state index >= 15 is 0 Å². The van der Waals surface area contributed by atoms with Crippen molar-refractivity contribution in [1.29, 1.82) is 0 Å². The van der Waals surface area contributed by atoms with Crippen LogP contribution in [0.1, 0.15) is 13.8 Å². The van der Waals surface area contributed by atoms with Gasteiger partial charge in [0.2, 0.25) is 0 Å². The molecule has 0 unspecified atom stereocenters. The largest absolute Gasteiger partial charge is 0.465 e. The second-order valence-electron chi connectivity index (χ2n) is 4.24. The van der Waals surface area contributed by atoms with Crippen molar-refractivity contribution in [3.8, 4) is 0 Å². The summed E-state index contributed by atoms with van der Waals surface area (Å²) in [5.41, 5.74) is 0. The number of sulfone groups is 1. The number of halogens is 1. The van der Waals surface area contributed by atoms with Crippen LogP contribution in [0.15, 0.2) is 0 Å². The Hall–Kier alpha value is -0.820. The van der Waals surface area contributed by atoms with Crippen molar-refractivity contribution in [3.05, 3.63) is 0 Å². The van der Waals surface area contributed by atoms with E-state index in [1.54, 1.807) is 13.8 Å². The smallest absolute Gasteiger partial charge is 0.320 e. The maximum atomic E-state index is 11.8. The van der Waals surface area contributed by atoms with Crippen molar-refractivity contribution in [2.75, 3.05) is 24.7 Å². The molecule has 1 aliphatic rings. The number of ether oxygens (including phenoxy) is 2. The SMILES string of the molecule is CCOC(=O)C(C(=O)OCC)[C@H]1CS(=O)(=O)C[C@H]1Cl. The minimum absolute atomic E-state index is 0.0984. The van der Waals surface area contributed by atoms with Gasteiger partial charge < -0.3 is 9.47 Å². The topological polar surface area (TPSA) is 86.7 Å². The molecule has 0 spiro atoms. The van der Waals surface area contributed by atoms with Gasteiger partial charge in [-0.15, -0.1) is 11.6 Å². The molecule has 0 radical (unpaired) electrons. The van der Waals surface area contributed by atoms with Gasteiger partial charge in [0.25, 0.3) is 0 Å². The molecule has 2 atom stereocenters. The molecule has 1 rings (SSSR count). The van der Waals surface area contributed by atoms with Gasteiger partial charge in [-0.1, -0.05) is 0 Å². The maximum absolute atomic E-state index is 11.8. The van der Waals surface area contributed by atoms with Crippen LogP contribution in [-0.2, 0) is 28.9 Å². The van der Waals surface area contributed by atoms with Gasteiger partial charge in [0.05, 0.1) is 30.1 Å². The highest BCUT2D eigenvalue weighted by Gasteiger charge is 2.48. The van der Waals surface area contributed by atoms with E-state index in [0.717, 1.165) is 0 Å². The molecule has 19 heavy (non-hydrogen) atoms. The number of esters is 2. The van der Waals surface area contributed by atoms with Crippen molar-refractivity contribution in [1.82, 2.24) is 0 Å². The van der Waals surface area contributed by atoms with Crippen LogP contribution in [0.5, 0.6) is 0 Å². The molecule has 110 valence electrons. The van der Waals surface area contributed by atoms with Gasteiger partial charge in [0, 0.05) is 5.92 Å². The summed E-state index contributed by atoms with van der Waals surface area (Å²) in [7, 11) is -3.33. The number of carbonyl (C=O) groups excluding carboxylic acids is 2. The zero-order chi connectivity index (χ0) is 14.6. The summed E-state index contributed by atoms with van der Waals surface area (Å²) in [5.74, 6) is -4.19. The van der Waals surface area contributed by atoms with Gasteiger partial charge in [0.15, 0.2) is 15.8 Å². The Kier molecular flexibility index (Phi) is 5.61. The molecule has 0 bridgehead atoms. The van der Waals surface area contributed by atoms with Crippen LogP contribution in [0.25, 0.3) is 0 Å². The molecule has 0 aromatic rings. The first kappa shape index (κ1) is 16.2. The van der Waals surface area contributed by atoms with Gasteiger partial charge in [-0.3, -0.25) is 9.59 Å². The Bertz CT molecular complexity index is 428. The zero-order valence-electron chi connectivity index (χ0n) is 10.8. The predicted molar refractivity (Wildman–Crippen MR) is 68.5 cm³/mol. The van der Waals surface area contributed by atoms with E-state index in [9.17, 15) is 18.0 Å². The minimum Gasteiger partial charge on any atom is -0.465 e. The lowest BCUT2D eigenvalue weighted by Crippen LogP contribution is -2.38. The van der Waals surface area contributed by atoms with Crippen LogP contribution in [0.3, 0.4) is 0 Å². The van der Waals surface area contributed by atoms with Crippen molar-refractivity contribution in [2.24, 2.45) is 11.8 Å². The molecule has 0 aliphatic carbocycles. The molecule has 1 saturated heterocycles. The molecular weight excluding hydrogens is 296 g/mol. The monoisotopic (exact) mass is 312 g/mol. The normalized spacial score (nSPS) is 25.3. The maximum Gasteiger partial charge on any atom is 0.320 e. The standard InChI is InChI=1S/C11H17ClO6S/c1-3-17-10(13)9(11(14)18-4-2)7-5-19(15,16)6-8(7)12/h7-9H,3-6H2,1-2H3/t7-,8+/m0/s1. The number of alkyl halides is 1. The highest BCUT2D eigenvalue weighted by molar-refractivity contribution is 7.91. The lowest BCUT2D eigenvalue weighted by Gasteiger charge is -2.21. The third-order valence-corrected chi connectivity index (χ3v) is 5.25. The molecule has 6 nitrogen and oxygen atoms in total. The fraction of sp³-hybridized carbons (Fsp3) is 0.818. The minimum atomic E-state index is -3.33. The zero-order valence-corrected chi connectivity index (χ0v) is 12.4. The molecule has 1 heterocycles. The van der Waals surface area contributed by atoms with Gasteiger partial charge in [-0.05, 0) is 13.8 Å². The van der Waals surface area contributed by atoms with E-state index < -0.39 is 39.0 Å². The van der Waals surface area contributed by atoms with Crippen molar-refractivity contribution >= 4 is 33.4 Å². The third kappa shape index (κ3) is 4.07. The van der Waals surface area contributed by atoms with Crippen LogP contribution >= 0.6 is 11.6 Å². The highest BCUT2D eigenvalue weighted by atomic mass is 35.5. The van der Waals surface area contributed by atoms with E-state index in [4.69, 9.17) is 21.1 Å². The number of carbonyl (C=O) groups is 2. The Labute approximate surface area is 117 Å². The van der Waals surface area contributed by atoms with Gasteiger partial charge >= 0.3 is 11.9 Å². The number of rotatable bonds is 5. The Balaban J connectivity index is 2.97. The van der Waals surface area contributed by atoms with Gasteiger partial charge in [-0.25, -0.2) is 8.42 Å². The molecule has 0 N–H and O–H groups in total. The molecule has 1 aliphatic heterocycles. The van der Waals surface area contributed by atoms with Crippen molar-refractivity contribution < 1.29 is 27.5 Å². The molecule has 8 heteroatoms. The summed E-state index contributed by atoms with van der Waals surface area (Å²) in [4.78, 5) is 23.7. The summed E-state index contributed by atoms with van der Waals surface area (Å²) < 4.78 is 32.7. The van der Waals surface area contributed by atoms with Crippen molar-refractivity contribution in [3.63, 3.8) is 0 Å². The molecule has 1 fully saturated rings. The van der Waals surface area contributed by atoms with Gasteiger partial charge in [0.1, 0.15) is 0 Å². The van der Waals surface area contributed by atoms with E-state index in [-0.39, 0.29) is 24.7 Å². The Morgan fingerprint density at radius 1 is 1.16 bits per heavy atom. The molecular formula is C11H17ClO6S. The summed E-state index contributed by atoms with van der Waals surface area (Å²) >= 11 is 5.95. The first-order valence-corrected chi connectivity index (χ1v) is 8.26. The molecule has 0 aromatic carbocycles. The van der Waals surface area contributed by atoms with E-state index in [2.05, 4.69) is 0 Å². The third-order valence-electron chi connectivity index (χ3n) is 2.83. The first-order chi connectivity index (χ1) is 8.82. The van der Waals surface area contributed by atoms with Crippen LogP contribution in [0.2, 0.25) is 0 Å². The molecule has 0 amide bonds. The lowest BCUT2D eigenvalue weighted by molar-refractivity contribution is -0.163. The average molecular weight is 313 g/mol. The van der Waals surface area contributed by atoms with E-state index in [1.165, 1.54) is 0 Å². The van der Waals surface area contributed by atoms with Crippen molar-refractivity contribution in [2.45, 2.75) is 19.2 Å². The fourth-order valence-electron chi connectivity index (χ4n) is 2.05. The summed E-state index contributed by atoms with van der Waals surface area (Å²) in [6.07, 6.45) is 0. The fourth-order valence-corrected chi connectivity index (χ4v) is 4.84. The average Bonchev–Trinajstić information content (AvgIpc) is 2.53. The van der Waals surface area contributed by atoms with Crippen LogP contribution in [-0.4, -0.2) is 50.5 Å². The van der Waals surface area contributed by atoms with Crippen LogP contribution < -0.4 is 0 Å². The quantitative estimate of drug-likeness (QED) is 0.414. The summed E-state index contributed by atoms with van der Waals surface area (Å²) in [6.45, 7) is 3.40. The van der Waals surface area contributed by atoms with Crippen LogP contribution in [0.4, 0.5) is 0 Å². The number of hydrogen-bond acceptors (Lipinski definition) is 6. The molecule has 0 aromatic heterocycles. The van der Waals surface area contributed by atoms with Crippen LogP contribution in [0, 0.1) is 11.8 Å². The summed E-state index contributed by atoms with van der Waals surface area (Å²) in [6, 6.07) is 0. The Morgan fingerprint density at radius 2 is 1.63 bits per heavy atom. The Morgan fingerprint density at radius 3 is 1.95 bits per heavy atom. The van der Waals surface area contributed by atoms with E-state index in [1.807, 2.05) is 0 Å². The highest BCUT2D eigenvalue weighted by Crippen LogP contribution is 2.32. The lowest BCUT2D eigenvalue weighted by atomic mass is 9.91. The summed E-state index contributed by atoms with van der Waals surface area (Å²) in [5, 5.41) is -0.788. The second kappa shape index (κ2) is 6.56. The second-order valence-corrected chi connectivity index (χ2v) is 6.95.